The number of ether oxygens (including phenoxy) is 2. The molecule has 3 aromatic rings. The molecule has 0 heterocycles. The highest BCUT2D eigenvalue weighted by atomic mass is 35.5. The van der Waals surface area contributed by atoms with Gasteiger partial charge >= 0.3 is 5.97 Å². The van der Waals surface area contributed by atoms with Crippen LogP contribution in [-0.2, 0) is 16.0 Å². The first-order valence-corrected chi connectivity index (χ1v) is 10.1. The zero-order chi connectivity index (χ0) is 22.4. The summed E-state index contributed by atoms with van der Waals surface area (Å²) in [6, 6.07) is 15.5. The lowest BCUT2D eigenvalue weighted by Crippen LogP contribution is -2.12. The number of benzene rings is 3. The van der Waals surface area contributed by atoms with Gasteiger partial charge in [-0.2, -0.15) is 0 Å². The van der Waals surface area contributed by atoms with E-state index in [2.05, 4.69) is 5.32 Å². The maximum absolute atomic E-state index is 13.5. The molecule has 0 bridgehead atoms. The molecule has 8 heteroatoms. The van der Waals surface area contributed by atoms with Gasteiger partial charge < -0.3 is 14.8 Å². The fourth-order valence-corrected chi connectivity index (χ4v) is 3.05. The van der Waals surface area contributed by atoms with E-state index in [-0.39, 0.29) is 23.0 Å². The maximum atomic E-state index is 13.5. The van der Waals surface area contributed by atoms with Gasteiger partial charge in [0, 0.05) is 11.3 Å². The molecule has 0 spiro atoms. The van der Waals surface area contributed by atoms with E-state index in [9.17, 15) is 14.0 Å². The van der Waals surface area contributed by atoms with Gasteiger partial charge in [-0.25, -0.2) is 4.39 Å². The maximum Gasteiger partial charge on any atom is 0.310 e. The number of carbonyl (C=O) groups is 2. The highest BCUT2D eigenvalue weighted by Gasteiger charge is 2.11. The zero-order valence-corrected chi connectivity index (χ0v) is 18.0. The molecule has 3 rings (SSSR count). The summed E-state index contributed by atoms with van der Waals surface area (Å²) in [5.74, 6) is -0.544. The molecule has 0 fully saturated rings. The number of esters is 1. The number of anilines is 1. The Bertz CT molecular complexity index is 1100. The first kappa shape index (κ1) is 22.6. The van der Waals surface area contributed by atoms with Gasteiger partial charge in [0.25, 0.3) is 5.91 Å². The van der Waals surface area contributed by atoms with Gasteiger partial charge in [-0.1, -0.05) is 29.3 Å². The molecule has 0 aliphatic carbocycles. The van der Waals surface area contributed by atoms with Crippen LogP contribution in [0.3, 0.4) is 0 Å². The third-order valence-corrected chi connectivity index (χ3v) is 4.77. The molecule has 0 aromatic heterocycles. The van der Waals surface area contributed by atoms with E-state index in [1.54, 1.807) is 49.4 Å². The van der Waals surface area contributed by atoms with Crippen LogP contribution in [0.25, 0.3) is 0 Å². The number of hydrogen-bond acceptors (Lipinski definition) is 4. The molecule has 0 aliphatic heterocycles. The Morgan fingerprint density at radius 2 is 1.71 bits per heavy atom. The van der Waals surface area contributed by atoms with Crippen molar-refractivity contribution in [2.45, 2.75) is 13.3 Å². The predicted molar refractivity (Wildman–Crippen MR) is 118 cm³/mol. The van der Waals surface area contributed by atoms with Gasteiger partial charge in [-0.15, -0.1) is 0 Å². The highest BCUT2D eigenvalue weighted by molar-refractivity contribution is 6.32. The Hall–Kier alpha value is -3.09. The van der Waals surface area contributed by atoms with E-state index in [0.29, 0.717) is 34.4 Å². The monoisotopic (exact) mass is 461 g/mol. The van der Waals surface area contributed by atoms with Crippen molar-refractivity contribution in [3.05, 3.63) is 87.7 Å². The number of carbonyl (C=O) groups excluding carboxylic acids is 2. The van der Waals surface area contributed by atoms with E-state index in [4.69, 9.17) is 32.7 Å². The van der Waals surface area contributed by atoms with Crippen molar-refractivity contribution < 1.29 is 23.5 Å². The van der Waals surface area contributed by atoms with E-state index >= 15 is 0 Å². The number of amides is 1. The molecule has 3 aromatic carbocycles. The third kappa shape index (κ3) is 6.20. The average molecular weight is 462 g/mol. The van der Waals surface area contributed by atoms with Crippen LogP contribution in [0.5, 0.6) is 11.5 Å². The van der Waals surface area contributed by atoms with E-state index in [0.717, 1.165) is 6.07 Å². The summed E-state index contributed by atoms with van der Waals surface area (Å²) in [5.41, 5.74) is 1.37. The van der Waals surface area contributed by atoms with Gasteiger partial charge in [0.15, 0.2) is 0 Å². The smallest absolute Gasteiger partial charge is 0.310 e. The van der Waals surface area contributed by atoms with Crippen molar-refractivity contribution in [2.24, 2.45) is 0 Å². The van der Waals surface area contributed by atoms with Crippen LogP contribution in [0, 0.1) is 5.82 Å². The molecule has 0 saturated heterocycles. The first-order chi connectivity index (χ1) is 14.9. The number of nitrogens with one attached hydrogen (secondary N) is 1. The standard InChI is InChI=1S/C23H18Cl2FNO4/c1-2-30-22(28)12-14-3-10-21(19(25)11-14)31-17-7-5-16(6-8-17)27-23(29)15-4-9-18(24)20(26)13-15/h3-11,13H,2,12H2,1H3,(H,27,29). The van der Waals surface area contributed by atoms with Crippen molar-refractivity contribution >= 4 is 40.8 Å². The van der Waals surface area contributed by atoms with Crippen LogP contribution < -0.4 is 10.1 Å². The SMILES string of the molecule is CCOC(=O)Cc1ccc(Oc2ccc(NC(=O)c3ccc(Cl)c(F)c3)cc2)c(Cl)c1. The number of hydrogen-bond donors (Lipinski definition) is 1. The van der Waals surface area contributed by atoms with E-state index in [1.807, 2.05) is 0 Å². The van der Waals surface area contributed by atoms with Gasteiger partial charge in [0.1, 0.15) is 17.3 Å². The second-order valence-electron chi connectivity index (χ2n) is 6.46. The number of rotatable bonds is 7. The molecule has 31 heavy (non-hydrogen) atoms. The second kappa shape index (κ2) is 10.3. The molecule has 160 valence electrons. The van der Waals surface area contributed by atoms with Crippen LogP contribution in [0.4, 0.5) is 10.1 Å². The van der Waals surface area contributed by atoms with Crippen LogP contribution in [0.1, 0.15) is 22.8 Å². The average Bonchev–Trinajstić information content (AvgIpc) is 2.73. The minimum absolute atomic E-state index is 0.0503. The van der Waals surface area contributed by atoms with Crippen molar-refractivity contribution in [3.8, 4) is 11.5 Å². The molecule has 1 amide bonds. The van der Waals surface area contributed by atoms with E-state index < -0.39 is 11.7 Å². The fourth-order valence-electron chi connectivity index (χ4n) is 2.69. The van der Waals surface area contributed by atoms with Crippen molar-refractivity contribution in [1.82, 2.24) is 0 Å². The van der Waals surface area contributed by atoms with E-state index in [1.165, 1.54) is 12.1 Å². The lowest BCUT2D eigenvalue weighted by Gasteiger charge is -2.10. The Balaban J connectivity index is 1.63. The third-order valence-electron chi connectivity index (χ3n) is 4.17. The summed E-state index contributed by atoms with van der Waals surface area (Å²) < 4.78 is 24.2. The summed E-state index contributed by atoms with van der Waals surface area (Å²) in [7, 11) is 0. The topological polar surface area (TPSA) is 64.6 Å². The van der Waals surface area contributed by atoms with Crippen LogP contribution in [0.2, 0.25) is 10.0 Å². The van der Waals surface area contributed by atoms with Gasteiger partial charge in [0.05, 0.1) is 23.1 Å². The van der Waals surface area contributed by atoms with Gasteiger partial charge in [-0.05, 0) is 67.1 Å². The van der Waals surface area contributed by atoms with Crippen molar-refractivity contribution in [3.63, 3.8) is 0 Å². The summed E-state index contributed by atoms with van der Waals surface area (Å²) in [6.45, 7) is 2.07. The second-order valence-corrected chi connectivity index (χ2v) is 7.27. The summed E-state index contributed by atoms with van der Waals surface area (Å²) in [5, 5.41) is 2.97. The number of halogens is 3. The minimum atomic E-state index is -0.664. The normalized spacial score (nSPS) is 10.5. The lowest BCUT2D eigenvalue weighted by molar-refractivity contribution is -0.142. The molecule has 0 saturated carbocycles. The molecule has 0 radical (unpaired) electrons. The van der Waals surface area contributed by atoms with Crippen LogP contribution in [-0.4, -0.2) is 18.5 Å². The molecule has 0 aliphatic rings. The molecule has 0 atom stereocenters. The largest absolute Gasteiger partial charge is 0.466 e. The molecular formula is C23H18Cl2FNO4. The Morgan fingerprint density at radius 3 is 2.35 bits per heavy atom. The Labute approximate surface area is 188 Å². The van der Waals surface area contributed by atoms with Gasteiger partial charge in [0.2, 0.25) is 0 Å². The van der Waals surface area contributed by atoms with Crippen molar-refractivity contribution in [1.29, 1.82) is 0 Å². The predicted octanol–water partition coefficient (Wildman–Crippen LogP) is 6.28. The van der Waals surface area contributed by atoms with Crippen molar-refractivity contribution in [2.75, 3.05) is 11.9 Å². The zero-order valence-electron chi connectivity index (χ0n) is 16.5. The Morgan fingerprint density at radius 1 is 0.968 bits per heavy atom. The highest BCUT2D eigenvalue weighted by Crippen LogP contribution is 2.31. The van der Waals surface area contributed by atoms with Gasteiger partial charge in [-0.3, -0.25) is 9.59 Å². The fraction of sp³-hybridized carbons (Fsp3) is 0.130. The minimum Gasteiger partial charge on any atom is -0.466 e. The first-order valence-electron chi connectivity index (χ1n) is 9.34. The summed E-state index contributed by atoms with van der Waals surface area (Å²) in [6.07, 6.45) is 0.125. The van der Waals surface area contributed by atoms with Crippen LogP contribution in [0.15, 0.2) is 60.7 Å². The molecule has 0 unspecified atom stereocenters. The Kier molecular flexibility index (Phi) is 7.50. The molecular weight excluding hydrogens is 444 g/mol. The molecule has 5 nitrogen and oxygen atoms in total. The summed E-state index contributed by atoms with van der Waals surface area (Å²) >= 11 is 11.9. The lowest BCUT2D eigenvalue weighted by atomic mass is 10.1. The molecule has 1 N–H and O–H groups in total. The van der Waals surface area contributed by atoms with Crippen LogP contribution >= 0.6 is 23.2 Å². The quantitative estimate of drug-likeness (QED) is 0.420. The summed E-state index contributed by atoms with van der Waals surface area (Å²) in [4.78, 5) is 23.8.